The minimum Gasteiger partial charge on any atom is -0.462 e. The van der Waals surface area contributed by atoms with Crippen LogP contribution in [0.4, 0.5) is 0 Å². The van der Waals surface area contributed by atoms with Crippen LogP contribution in [-0.2, 0) is 24.4 Å². The molecular weight excluding hydrogens is 356 g/mol. The van der Waals surface area contributed by atoms with Gasteiger partial charge in [-0.1, -0.05) is 44.7 Å². The molecule has 1 unspecified atom stereocenters. The summed E-state index contributed by atoms with van der Waals surface area (Å²) in [5.74, 6) is -0.492. The predicted molar refractivity (Wildman–Crippen MR) is 106 cm³/mol. The molecule has 1 heterocycles. The SMILES string of the molecule is CCCCOC(=O)c1ccc(C2(C(=O)OC3CCCCO3)CCCCC2)cc1. The molecule has 1 aromatic carbocycles. The summed E-state index contributed by atoms with van der Waals surface area (Å²) < 4.78 is 16.7. The van der Waals surface area contributed by atoms with E-state index in [1.807, 2.05) is 12.1 Å². The van der Waals surface area contributed by atoms with Crippen molar-refractivity contribution in [3.05, 3.63) is 35.4 Å². The normalized spacial score (nSPS) is 21.7. The maximum absolute atomic E-state index is 13.2. The Morgan fingerprint density at radius 1 is 1.07 bits per heavy atom. The average molecular weight is 389 g/mol. The van der Waals surface area contributed by atoms with Crippen molar-refractivity contribution in [2.45, 2.75) is 82.8 Å². The topological polar surface area (TPSA) is 61.8 Å². The van der Waals surface area contributed by atoms with Crippen LogP contribution in [0.25, 0.3) is 0 Å². The van der Waals surface area contributed by atoms with Gasteiger partial charge in [0.1, 0.15) is 0 Å². The molecule has 2 fully saturated rings. The molecule has 2 aliphatic rings. The van der Waals surface area contributed by atoms with Crippen molar-refractivity contribution in [3.63, 3.8) is 0 Å². The lowest BCUT2D eigenvalue weighted by atomic mass is 9.69. The number of hydrogen-bond donors (Lipinski definition) is 0. The molecule has 154 valence electrons. The smallest absolute Gasteiger partial charge is 0.338 e. The minimum absolute atomic E-state index is 0.183. The Kier molecular flexibility index (Phi) is 7.49. The Hall–Kier alpha value is -1.88. The van der Waals surface area contributed by atoms with E-state index in [4.69, 9.17) is 14.2 Å². The number of hydrogen-bond acceptors (Lipinski definition) is 5. The molecule has 28 heavy (non-hydrogen) atoms. The van der Waals surface area contributed by atoms with Crippen molar-refractivity contribution in [2.24, 2.45) is 0 Å². The maximum Gasteiger partial charge on any atom is 0.338 e. The van der Waals surface area contributed by atoms with E-state index in [1.54, 1.807) is 12.1 Å². The second-order valence-corrected chi connectivity index (χ2v) is 7.91. The molecule has 1 atom stereocenters. The Labute approximate surface area is 167 Å². The van der Waals surface area contributed by atoms with Crippen molar-refractivity contribution in [3.8, 4) is 0 Å². The third-order valence-electron chi connectivity index (χ3n) is 5.88. The Morgan fingerprint density at radius 2 is 1.82 bits per heavy atom. The fraction of sp³-hybridized carbons (Fsp3) is 0.652. The van der Waals surface area contributed by atoms with Crippen LogP contribution in [0.2, 0.25) is 0 Å². The molecule has 0 radical (unpaired) electrons. The summed E-state index contributed by atoms with van der Waals surface area (Å²) in [6.45, 7) is 3.15. The van der Waals surface area contributed by atoms with Crippen molar-refractivity contribution in [1.29, 1.82) is 0 Å². The zero-order chi connectivity index (χ0) is 19.8. The third-order valence-corrected chi connectivity index (χ3v) is 5.88. The molecule has 0 bridgehead atoms. The second-order valence-electron chi connectivity index (χ2n) is 7.91. The van der Waals surface area contributed by atoms with Gasteiger partial charge in [0.25, 0.3) is 0 Å². The first-order valence-corrected chi connectivity index (χ1v) is 10.8. The highest BCUT2D eigenvalue weighted by Gasteiger charge is 2.43. The molecule has 0 N–H and O–H groups in total. The van der Waals surface area contributed by atoms with Gasteiger partial charge >= 0.3 is 11.9 Å². The van der Waals surface area contributed by atoms with Gasteiger partial charge in [-0.25, -0.2) is 4.79 Å². The number of ether oxygens (including phenoxy) is 3. The lowest BCUT2D eigenvalue weighted by Crippen LogP contribution is -2.42. The third kappa shape index (κ3) is 4.93. The monoisotopic (exact) mass is 388 g/mol. The summed E-state index contributed by atoms with van der Waals surface area (Å²) in [4.78, 5) is 25.3. The zero-order valence-electron chi connectivity index (χ0n) is 16.9. The minimum atomic E-state index is -0.635. The Bertz CT molecular complexity index is 639. The fourth-order valence-corrected chi connectivity index (χ4v) is 4.12. The van der Waals surface area contributed by atoms with E-state index >= 15 is 0 Å². The molecular formula is C23H32O5. The van der Waals surface area contributed by atoms with Crippen molar-refractivity contribution in [1.82, 2.24) is 0 Å². The molecule has 1 aliphatic heterocycles. The van der Waals surface area contributed by atoms with Crippen LogP contribution in [-0.4, -0.2) is 31.4 Å². The first-order valence-electron chi connectivity index (χ1n) is 10.8. The number of benzene rings is 1. The fourth-order valence-electron chi connectivity index (χ4n) is 4.12. The highest BCUT2D eigenvalue weighted by atomic mass is 16.7. The van der Waals surface area contributed by atoms with E-state index in [9.17, 15) is 9.59 Å². The van der Waals surface area contributed by atoms with E-state index in [2.05, 4.69) is 6.92 Å². The van der Waals surface area contributed by atoms with Crippen LogP contribution in [0, 0.1) is 0 Å². The number of unbranched alkanes of at least 4 members (excludes halogenated alkanes) is 1. The number of carbonyl (C=O) groups is 2. The number of rotatable bonds is 7. The number of carbonyl (C=O) groups excluding carboxylic acids is 2. The highest BCUT2D eigenvalue weighted by Crippen LogP contribution is 2.41. The summed E-state index contributed by atoms with van der Waals surface area (Å²) in [6, 6.07) is 7.32. The summed E-state index contributed by atoms with van der Waals surface area (Å²) in [5.41, 5.74) is 0.817. The molecule has 5 nitrogen and oxygen atoms in total. The molecule has 3 rings (SSSR count). The first kappa shape index (κ1) is 20.8. The van der Waals surface area contributed by atoms with Gasteiger partial charge in [-0.3, -0.25) is 4.79 Å². The average Bonchev–Trinajstić information content (AvgIpc) is 2.75. The van der Waals surface area contributed by atoms with Crippen molar-refractivity contribution in [2.75, 3.05) is 13.2 Å². The summed E-state index contributed by atoms with van der Waals surface area (Å²) in [5, 5.41) is 0. The summed E-state index contributed by atoms with van der Waals surface area (Å²) in [6.07, 6.45) is 8.94. The largest absolute Gasteiger partial charge is 0.462 e. The molecule has 1 saturated heterocycles. The van der Waals surface area contributed by atoms with Crippen LogP contribution < -0.4 is 0 Å². The molecule has 1 aliphatic carbocycles. The van der Waals surface area contributed by atoms with Gasteiger partial charge in [0, 0.05) is 6.42 Å². The Morgan fingerprint density at radius 3 is 2.46 bits per heavy atom. The maximum atomic E-state index is 13.2. The van der Waals surface area contributed by atoms with E-state index in [-0.39, 0.29) is 11.9 Å². The van der Waals surface area contributed by atoms with Crippen molar-refractivity contribution >= 4 is 11.9 Å². The quantitative estimate of drug-likeness (QED) is 0.490. The predicted octanol–water partition coefficient (Wildman–Crippen LogP) is 4.92. The standard InChI is InChI=1S/C23H32O5/c1-2-3-16-27-21(24)18-10-12-19(13-11-18)23(14-6-4-7-15-23)22(25)28-20-9-5-8-17-26-20/h10-13,20H,2-9,14-17H2,1H3. The van der Waals surface area contributed by atoms with Crippen LogP contribution in [0.3, 0.4) is 0 Å². The number of esters is 2. The summed E-state index contributed by atoms with van der Waals surface area (Å²) >= 11 is 0. The highest BCUT2D eigenvalue weighted by molar-refractivity contribution is 5.90. The van der Waals surface area contributed by atoms with Gasteiger partial charge in [-0.05, 0) is 49.8 Å². The van der Waals surface area contributed by atoms with Gasteiger partial charge in [-0.2, -0.15) is 0 Å². The van der Waals surface area contributed by atoms with E-state index in [0.29, 0.717) is 18.8 Å². The van der Waals surface area contributed by atoms with Crippen LogP contribution in [0.5, 0.6) is 0 Å². The molecule has 0 aromatic heterocycles. The lowest BCUT2D eigenvalue weighted by Gasteiger charge is -2.37. The lowest BCUT2D eigenvalue weighted by molar-refractivity contribution is -0.194. The van der Waals surface area contributed by atoms with E-state index < -0.39 is 11.7 Å². The molecule has 5 heteroatoms. The van der Waals surface area contributed by atoms with E-state index in [0.717, 1.165) is 69.8 Å². The molecule has 0 amide bonds. The van der Waals surface area contributed by atoms with Gasteiger partial charge in [0.05, 0.1) is 24.2 Å². The Balaban J connectivity index is 1.73. The van der Waals surface area contributed by atoms with Crippen LogP contribution in [0.1, 0.15) is 87.1 Å². The van der Waals surface area contributed by atoms with Gasteiger partial charge in [-0.15, -0.1) is 0 Å². The first-order chi connectivity index (χ1) is 13.7. The van der Waals surface area contributed by atoms with Gasteiger partial charge in [0.2, 0.25) is 6.29 Å². The van der Waals surface area contributed by atoms with Crippen molar-refractivity contribution < 1.29 is 23.8 Å². The van der Waals surface area contributed by atoms with Gasteiger partial charge in [0.15, 0.2) is 0 Å². The van der Waals surface area contributed by atoms with Crippen LogP contribution >= 0.6 is 0 Å². The molecule has 1 saturated carbocycles. The van der Waals surface area contributed by atoms with Gasteiger partial charge < -0.3 is 14.2 Å². The molecule has 0 spiro atoms. The zero-order valence-corrected chi connectivity index (χ0v) is 16.9. The second kappa shape index (κ2) is 10.1. The van der Waals surface area contributed by atoms with E-state index in [1.165, 1.54) is 0 Å². The molecule has 1 aromatic rings. The van der Waals surface area contributed by atoms with Crippen LogP contribution in [0.15, 0.2) is 24.3 Å². The summed E-state index contributed by atoms with van der Waals surface area (Å²) in [7, 11) is 0.